The Morgan fingerprint density at radius 1 is 1.15 bits per heavy atom. The van der Waals surface area contributed by atoms with Gasteiger partial charge >= 0.3 is 6.03 Å². The second-order valence-electron chi connectivity index (χ2n) is 7.95. The SMILES string of the molecule is CCNC(=O)NC1=Nc2cc(-c3cc(Cc4n[nH]c(=O)c5ccccc45)ccc3F)cnc2C1. The van der Waals surface area contributed by atoms with Crippen molar-refractivity contribution in [2.75, 3.05) is 6.54 Å². The van der Waals surface area contributed by atoms with Gasteiger partial charge in [-0.2, -0.15) is 5.10 Å². The summed E-state index contributed by atoms with van der Waals surface area (Å²) in [6.07, 6.45) is 2.43. The Hall–Kier alpha value is -4.40. The van der Waals surface area contributed by atoms with Crippen LogP contribution in [0.15, 0.2) is 64.5 Å². The normalized spacial score (nSPS) is 12.4. The van der Waals surface area contributed by atoms with Crippen molar-refractivity contribution in [2.45, 2.75) is 19.8 Å². The molecule has 2 amide bonds. The van der Waals surface area contributed by atoms with Crippen molar-refractivity contribution in [3.63, 3.8) is 0 Å². The number of hydrogen-bond donors (Lipinski definition) is 3. The molecule has 0 fully saturated rings. The number of carbonyl (C=O) groups is 1. The van der Waals surface area contributed by atoms with Gasteiger partial charge in [0.25, 0.3) is 5.56 Å². The molecule has 170 valence electrons. The molecule has 0 saturated heterocycles. The molecule has 9 heteroatoms. The lowest BCUT2D eigenvalue weighted by molar-refractivity contribution is 0.245. The number of pyridine rings is 1. The Balaban J connectivity index is 1.45. The van der Waals surface area contributed by atoms with Crippen LogP contribution in [0, 0.1) is 5.82 Å². The number of aliphatic imine (C=N–C) groups is 1. The maximum Gasteiger partial charge on any atom is 0.320 e. The molecule has 0 bridgehead atoms. The van der Waals surface area contributed by atoms with Crippen LogP contribution in [0.5, 0.6) is 0 Å². The van der Waals surface area contributed by atoms with Gasteiger partial charge in [-0.3, -0.25) is 15.1 Å². The number of hydrogen-bond acceptors (Lipinski definition) is 5. The number of amides is 2. The summed E-state index contributed by atoms with van der Waals surface area (Å²) in [6, 6.07) is 13.6. The number of nitrogens with one attached hydrogen (secondary N) is 3. The molecule has 0 aliphatic carbocycles. The highest BCUT2D eigenvalue weighted by Crippen LogP contribution is 2.32. The molecule has 34 heavy (non-hydrogen) atoms. The Morgan fingerprint density at radius 3 is 2.79 bits per heavy atom. The van der Waals surface area contributed by atoms with E-state index in [1.165, 1.54) is 6.07 Å². The monoisotopic (exact) mass is 456 g/mol. The first-order chi connectivity index (χ1) is 16.5. The fraction of sp³-hybridized carbons (Fsp3) is 0.160. The number of rotatable bonds is 4. The number of aromatic nitrogens is 3. The van der Waals surface area contributed by atoms with E-state index in [0.717, 1.165) is 16.6 Å². The molecule has 0 radical (unpaired) electrons. The van der Waals surface area contributed by atoms with Gasteiger partial charge in [0.2, 0.25) is 0 Å². The number of amidine groups is 1. The van der Waals surface area contributed by atoms with Gasteiger partial charge in [0.05, 0.1) is 28.9 Å². The molecular weight excluding hydrogens is 435 g/mol. The summed E-state index contributed by atoms with van der Waals surface area (Å²) in [5, 5.41) is 13.4. The van der Waals surface area contributed by atoms with Crippen molar-refractivity contribution in [1.29, 1.82) is 0 Å². The van der Waals surface area contributed by atoms with Crippen molar-refractivity contribution >= 4 is 28.3 Å². The topological polar surface area (TPSA) is 112 Å². The zero-order chi connectivity index (χ0) is 23.7. The number of H-pyrrole nitrogens is 1. The molecule has 0 atom stereocenters. The quantitative estimate of drug-likeness (QED) is 0.435. The first-order valence-corrected chi connectivity index (χ1v) is 10.9. The lowest BCUT2D eigenvalue weighted by atomic mass is 9.99. The smallest absolute Gasteiger partial charge is 0.320 e. The van der Waals surface area contributed by atoms with Crippen molar-refractivity contribution in [1.82, 2.24) is 25.8 Å². The van der Waals surface area contributed by atoms with E-state index < -0.39 is 0 Å². The standard InChI is InChI=1S/C25H21FN6O2/c1-2-27-25(34)30-23-12-21-22(29-23)11-15(13-28-21)18-9-14(7-8-19(18)26)10-20-16-5-3-4-6-17(16)24(33)32-31-20/h3-9,11,13H,2,10,12H2,1H3,(H,32,33)(H2,27,29,30,34). The summed E-state index contributed by atoms with van der Waals surface area (Å²) in [6.45, 7) is 2.34. The van der Waals surface area contributed by atoms with Gasteiger partial charge in [-0.15, -0.1) is 0 Å². The Bertz CT molecular complexity index is 1510. The average molecular weight is 456 g/mol. The first-order valence-electron chi connectivity index (χ1n) is 10.9. The first kappa shape index (κ1) is 21.4. The molecule has 2 aromatic heterocycles. The average Bonchev–Trinajstić information content (AvgIpc) is 3.23. The fourth-order valence-corrected chi connectivity index (χ4v) is 4.02. The van der Waals surface area contributed by atoms with Crippen LogP contribution in [0.4, 0.5) is 14.9 Å². The highest BCUT2D eigenvalue weighted by atomic mass is 19.1. The van der Waals surface area contributed by atoms with E-state index in [-0.39, 0.29) is 17.4 Å². The second kappa shape index (κ2) is 8.86. The molecule has 0 unspecified atom stereocenters. The van der Waals surface area contributed by atoms with E-state index in [2.05, 4.69) is 30.8 Å². The largest absolute Gasteiger partial charge is 0.338 e. The van der Waals surface area contributed by atoms with E-state index in [9.17, 15) is 14.0 Å². The molecule has 3 N–H and O–H groups in total. The minimum absolute atomic E-state index is 0.245. The number of fused-ring (bicyclic) bond motifs is 2. The summed E-state index contributed by atoms with van der Waals surface area (Å²) in [7, 11) is 0. The lowest BCUT2D eigenvalue weighted by Gasteiger charge is -2.09. The third-order valence-electron chi connectivity index (χ3n) is 5.62. The molecule has 1 aliphatic rings. The zero-order valence-corrected chi connectivity index (χ0v) is 18.4. The van der Waals surface area contributed by atoms with Gasteiger partial charge in [-0.05, 0) is 36.8 Å². The van der Waals surface area contributed by atoms with Gasteiger partial charge in [-0.1, -0.05) is 24.3 Å². The number of carbonyl (C=O) groups excluding carboxylic acids is 1. The number of benzene rings is 2. The zero-order valence-electron chi connectivity index (χ0n) is 18.4. The molecule has 3 heterocycles. The molecule has 1 aliphatic heterocycles. The van der Waals surface area contributed by atoms with Crippen LogP contribution in [0.3, 0.4) is 0 Å². The van der Waals surface area contributed by atoms with Gasteiger partial charge in [0.15, 0.2) is 0 Å². The molecular formula is C25H21FN6O2. The molecule has 2 aromatic carbocycles. The van der Waals surface area contributed by atoms with Gasteiger partial charge < -0.3 is 5.32 Å². The van der Waals surface area contributed by atoms with Crippen LogP contribution >= 0.6 is 0 Å². The minimum atomic E-state index is -0.382. The van der Waals surface area contributed by atoms with Crippen LogP contribution in [0.1, 0.15) is 23.9 Å². The van der Waals surface area contributed by atoms with Gasteiger partial charge in [0, 0.05) is 35.7 Å². The third-order valence-corrected chi connectivity index (χ3v) is 5.62. The lowest BCUT2D eigenvalue weighted by Crippen LogP contribution is -2.39. The van der Waals surface area contributed by atoms with E-state index in [4.69, 9.17) is 0 Å². The van der Waals surface area contributed by atoms with Crippen LogP contribution in [0.25, 0.3) is 21.9 Å². The van der Waals surface area contributed by atoms with Crippen molar-refractivity contribution < 1.29 is 9.18 Å². The summed E-state index contributed by atoms with van der Waals surface area (Å²) in [5.74, 6) is 0.114. The van der Waals surface area contributed by atoms with Crippen LogP contribution in [-0.4, -0.2) is 33.6 Å². The third kappa shape index (κ3) is 4.15. The highest BCUT2D eigenvalue weighted by molar-refractivity contribution is 6.02. The number of urea groups is 1. The Labute approximate surface area is 194 Å². The molecule has 0 saturated carbocycles. The summed E-state index contributed by atoms with van der Waals surface area (Å²) in [5.41, 5.74) is 3.58. The van der Waals surface area contributed by atoms with Crippen LogP contribution in [-0.2, 0) is 12.8 Å². The highest BCUT2D eigenvalue weighted by Gasteiger charge is 2.19. The van der Waals surface area contributed by atoms with E-state index in [1.807, 2.05) is 19.1 Å². The Morgan fingerprint density at radius 2 is 1.97 bits per heavy atom. The van der Waals surface area contributed by atoms with E-state index in [0.29, 0.717) is 53.1 Å². The number of halogens is 1. The predicted octanol–water partition coefficient (Wildman–Crippen LogP) is 3.62. The van der Waals surface area contributed by atoms with Crippen molar-refractivity contribution in [3.05, 3.63) is 87.9 Å². The molecule has 8 nitrogen and oxygen atoms in total. The van der Waals surface area contributed by atoms with Crippen LogP contribution < -0.4 is 16.2 Å². The predicted molar refractivity (Wildman–Crippen MR) is 128 cm³/mol. The summed E-state index contributed by atoms with van der Waals surface area (Å²) >= 11 is 0. The van der Waals surface area contributed by atoms with E-state index in [1.54, 1.807) is 36.5 Å². The number of nitrogens with zero attached hydrogens (tertiary/aromatic N) is 3. The summed E-state index contributed by atoms with van der Waals surface area (Å²) < 4.78 is 14.8. The number of aromatic amines is 1. The van der Waals surface area contributed by atoms with Crippen molar-refractivity contribution in [2.24, 2.45) is 4.99 Å². The maximum absolute atomic E-state index is 14.8. The van der Waals surface area contributed by atoms with Crippen LogP contribution in [0.2, 0.25) is 0 Å². The Kier molecular flexibility index (Phi) is 5.59. The maximum atomic E-state index is 14.8. The fourth-order valence-electron chi connectivity index (χ4n) is 4.02. The van der Waals surface area contributed by atoms with Gasteiger partial charge in [-0.25, -0.2) is 19.3 Å². The van der Waals surface area contributed by atoms with Gasteiger partial charge in [0.1, 0.15) is 11.7 Å². The van der Waals surface area contributed by atoms with Crippen molar-refractivity contribution in [3.8, 4) is 11.1 Å². The molecule has 5 rings (SSSR count). The second-order valence-corrected chi connectivity index (χ2v) is 7.95. The summed E-state index contributed by atoms with van der Waals surface area (Å²) in [4.78, 5) is 32.7. The molecule has 4 aromatic rings. The minimum Gasteiger partial charge on any atom is -0.338 e. The molecule has 0 spiro atoms. The van der Waals surface area contributed by atoms with E-state index >= 15 is 0 Å².